The van der Waals surface area contributed by atoms with Gasteiger partial charge in [-0.3, -0.25) is 4.79 Å². The van der Waals surface area contributed by atoms with Crippen molar-refractivity contribution in [1.29, 1.82) is 5.26 Å². The van der Waals surface area contributed by atoms with E-state index in [9.17, 15) is 4.79 Å². The first-order valence-electron chi connectivity index (χ1n) is 7.19. The van der Waals surface area contributed by atoms with Gasteiger partial charge in [-0.15, -0.1) is 0 Å². The van der Waals surface area contributed by atoms with Crippen LogP contribution in [0.1, 0.15) is 31.2 Å². The highest BCUT2D eigenvalue weighted by Gasteiger charge is 2.34. The van der Waals surface area contributed by atoms with E-state index in [0.29, 0.717) is 25.4 Å². The summed E-state index contributed by atoms with van der Waals surface area (Å²) in [5, 5.41) is 8.67. The zero-order valence-electron chi connectivity index (χ0n) is 11.7. The Labute approximate surface area is 120 Å². The SMILES string of the molecule is N#CCCN(C(=O)C(N)CCc1ccccc1)C1CC1. The minimum absolute atomic E-state index is 0.00122. The Balaban J connectivity index is 1.85. The van der Waals surface area contributed by atoms with E-state index in [-0.39, 0.29) is 5.91 Å². The Morgan fingerprint density at radius 2 is 2.10 bits per heavy atom. The molecule has 4 nitrogen and oxygen atoms in total. The molecule has 0 spiro atoms. The van der Waals surface area contributed by atoms with Gasteiger partial charge >= 0.3 is 0 Å². The van der Waals surface area contributed by atoms with Gasteiger partial charge in [-0.1, -0.05) is 30.3 Å². The van der Waals surface area contributed by atoms with Crippen molar-refractivity contribution < 1.29 is 4.79 Å². The number of hydrogen-bond donors (Lipinski definition) is 1. The van der Waals surface area contributed by atoms with Gasteiger partial charge in [0.2, 0.25) is 5.91 Å². The molecule has 1 fully saturated rings. The Morgan fingerprint density at radius 3 is 2.70 bits per heavy atom. The van der Waals surface area contributed by atoms with E-state index >= 15 is 0 Å². The molecule has 106 valence electrons. The average molecular weight is 271 g/mol. The van der Waals surface area contributed by atoms with E-state index in [2.05, 4.69) is 6.07 Å². The summed E-state index contributed by atoms with van der Waals surface area (Å²) in [6, 6.07) is 12.0. The van der Waals surface area contributed by atoms with Crippen LogP contribution in [0, 0.1) is 11.3 Å². The van der Waals surface area contributed by atoms with E-state index in [4.69, 9.17) is 11.0 Å². The van der Waals surface area contributed by atoms with Crippen LogP contribution in [-0.2, 0) is 11.2 Å². The first-order chi connectivity index (χ1) is 9.72. The molecule has 1 aliphatic carbocycles. The number of hydrogen-bond acceptors (Lipinski definition) is 3. The van der Waals surface area contributed by atoms with Crippen LogP contribution in [0.4, 0.5) is 0 Å². The van der Waals surface area contributed by atoms with Crippen LogP contribution in [0.2, 0.25) is 0 Å². The number of nitrogens with zero attached hydrogens (tertiary/aromatic N) is 2. The quantitative estimate of drug-likeness (QED) is 0.822. The lowest BCUT2D eigenvalue weighted by Gasteiger charge is -2.24. The van der Waals surface area contributed by atoms with Gasteiger partial charge < -0.3 is 10.6 Å². The molecular formula is C16H21N3O. The zero-order valence-corrected chi connectivity index (χ0v) is 11.7. The molecule has 0 saturated heterocycles. The first-order valence-corrected chi connectivity index (χ1v) is 7.19. The molecule has 1 saturated carbocycles. The molecular weight excluding hydrogens is 250 g/mol. The molecule has 1 aliphatic rings. The molecule has 0 bridgehead atoms. The number of aryl methyl sites for hydroxylation is 1. The molecule has 2 N–H and O–H groups in total. The zero-order chi connectivity index (χ0) is 14.4. The number of benzene rings is 1. The Hall–Kier alpha value is -1.86. The largest absolute Gasteiger partial charge is 0.337 e. The third-order valence-electron chi connectivity index (χ3n) is 3.64. The summed E-state index contributed by atoms with van der Waals surface area (Å²) in [6.45, 7) is 0.513. The lowest BCUT2D eigenvalue weighted by molar-refractivity contribution is -0.133. The molecule has 0 aliphatic heterocycles. The standard InChI is InChI=1S/C16H21N3O/c17-11-4-12-19(14-8-9-14)16(20)15(18)10-7-13-5-2-1-3-6-13/h1-3,5-6,14-15H,4,7-10,12,18H2. The molecule has 0 radical (unpaired) electrons. The van der Waals surface area contributed by atoms with Gasteiger partial charge in [-0.25, -0.2) is 0 Å². The maximum absolute atomic E-state index is 12.3. The molecule has 1 atom stereocenters. The number of carbonyl (C=O) groups is 1. The third kappa shape index (κ3) is 4.07. The minimum Gasteiger partial charge on any atom is -0.337 e. The van der Waals surface area contributed by atoms with Crippen LogP contribution in [0.3, 0.4) is 0 Å². The highest BCUT2D eigenvalue weighted by molar-refractivity contribution is 5.82. The monoisotopic (exact) mass is 271 g/mol. The van der Waals surface area contributed by atoms with Gasteiger partial charge in [-0.2, -0.15) is 5.26 Å². The Morgan fingerprint density at radius 1 is 1.40 bits per heavy atom. The number of amides is 1. The maximum Gasteiger partial charge on any atom is 0.239 e. The van der Waals surface area contributed by atoms with E-state index in [1.807, 2.05) is 30.3 Å². The van der Waals surface area contributed by atoms with Crippen LogP contribution in [0.25, 0.3) is 0 Å². The second-order valence-electron chi connectivity index (χ2n) is 5.30. The summed E-state index contributed by atoms with van der Waals surface area (Å²) in [5.74, 6) is -0.00122. The van der Waals surface area contributed by atoms with Crippen molar-refractivity contribution in [2.24, 2.45) is 5.73 Å². The summed E-state index contributed by atoms with van der Waals surface area (Å²) in [5.41, 5.74) is 7.23. The molecule has 2 rings (SSSR count). The normalized spacial score (nSPS) is 15.4. The van der Waals surface area contributed by atoms with E-state index in [0.717, 1.165) is 19.3 Å². The molecule has 0 aromatic heterocycles. The predicted octanol–water partition coefficient (Wildman–Crippen LogP) is 1.85. The van der Waals surface area contributed by atoms with Crippen LogP contribution >= 0.6 is 0 Å². The smallest absolute Gasteiger partial charge is 0.239 e. The number of carbonyl (C=O) groups excluding carboxylic acids is 1. The van der Waals surface area contributed by atoms with Crippen molar-refractivity contribution in [2.75, 3.05) is 6.54 Å². The highest BCUT2D eigenvalue weighted by atomic mass is 16.2. The number of nitrogens with two attached hydrogens (primary N) is 1. The lowest BCUT2D eigenvalue weighted by Crippen LogP contribution is -2.45. The second kappa shape index (κ2) is 7.06. The molecule has 1 aromatic rings. The van der Waals surface area contributed by atoms with Crippen molar-refractivity contribution in [1.82, 2.24) is 4.90 Å². The molecule has 4 heteroatoms. The lowest BCUT2D eigenvalue weighted by atomic mass is 10.0. The maximum atomic E-state index is 12.3. The fourth-order valence-corrected chi connectivity index (χ4v) is 2.33. The van der Waals surface area contributed by atoms with Gasteiger partial charge in [-0.05, 0) is 31.2 Å². The van der Waals surface area contributed by atoms with Gasteiger partial charge in [0.1, 0.15) is 0 Å². The van der Waals surface area contributed by atoms with Crippen molar-refractivity contribution in [3.8, 4) is 6.07 Å². The molecule has 0 heterocycles. The van der Waals surface area contributed by atoms with Gasteiger partial charge in [0, 0.05) is 12.6 Å². The van der Waals surface area contributed by atoms with Crippen molar-refractivity contribution in [2.45, 2.75) is 44.2 Å². The van der Waals surface area contributed by atoms with Crippen LogP contribution < -0.4 is 5.73 Å². The number of nitriles is 1. The van der Waals surface area contributed by atoms with E-state index in [1.54, 1.807) is 4.90 Å². The average Bonchev–Trinajstić information content (AvgIpc) is 3.31. The summed E-state index contributed by atoms with van der Waals surface area (Å²) >= 11 is 0. The van der Waals surface area contributed by atoms with Crippen LogP contribution in [0.15, 0.2) is 30.3 Å². The Kier molecular flexibility index (Phi) is 5.14. The van der Waals surface area contributed by atoms with Crippen molar-refractivity contribution in [3.63, 3.8) is 0 Å². The van der Waals surface area contributed by atoms with Gasteiger partial charge in [0.25, 0.3) is 0 Å². The second-order valence-corrected chi connectivity index (χ2v) is 5.30. The highest BCUT2D eigenvalue weighted by Crippen LogP contribution is 2.27. The van der Waals surface area contributed by atoms with E-state index in [1.165, 1.54) is 5.56 Å². The predicted molar refractivity (Wildman–Crippen MR) is 77.7 cm³/mol. The van der Waals surface area contributed by atoms with Gasteiger partial charge in [0.15, 0.2) is 0 Å². The molecule has 1 aromatic carbocycles. The fraction of sp³-hybridized carbons (Fsp3) is 0.500. The molecule has 1 amide bonds. The summed E-state index contributed by atoms with van der Waals surface area (Å²) < 4.78 is 0. The topological polar surface area (TPSA) is 70.1 Å². The molecule has 20 heavy (non-hydrogen) atoms. The van der Waals surface area contributed by atoms with Crippen molar-refractivity contribution in [3.05, 3.63) is 35.9 Å². The van der Waals surface area contributed by atoms with Gasteiger partial charge in [0.05, 0.1) is 18.5 Å². The minimum atomic E-state index is -0.463. The third-order valence-corrected chi connectivity index (χ3v) is 3.64. The summed E-state index contributed by atoms with van der Waals surface area (Å²) in [4.78, 5) is 14.1. The van der Waals surface area contributed by atoms with Crippen LogP contribution in [0.5, 0.6) is 0 Å². The first kappa shape index (κ1) is 14.5. The fourth-order valence-electron chi connectivity index (χ4n) is 2.33. The van der Waals surface area contributed by atoms with Crippen LogP contribution in [-0.4, -0.2) is 29.4 Å². The summed E-state index contributed by atoms with van der Waals surface area (Å²) in [7, 11) is 0. The van der Waals surface area contributed by atoms with Crippen molar-refractivity contribution >= 4 is 5.91 Å². The molecule has 1 unspecified atom stereocenters. The Bertz CT molecular complexity index is 476. The number of rotatable bonds is 7. The van der Waals surface area contributed by atoms with E-state index < -0.39 is 6.04 Å². The summed E-state index contributed by atoms with van der Waals surface area (Å²) in [6.07, 6.45) is 3.93.